The molecule has 0 atom stereocenters. The zero-order chi connectivity index (χ0) is 22.4. The Morgan fingerprint density at radius 2 is 1.50 bits per heavy atom. The number of β-amino-alcohol motifs (C(OH)–C–C–N with tert-alkyl or cyclic N) is 1. The van der Waals surface area contributed by atoms with Gasteiger partial charge in [0.15, 0.2) is 0 Å². The first-order valence-corrected chi connectivity index (χ1v) is 9.96. The van der Waals surface area contributed by atoms with Gasteiger partial charge in [0.25, 0.3) is 23.6 Å². The highest BCUT2D eigenvalue weighted by Crippen LogP contribution is 2.36. The van der Waals surface area contributed by atoms with E-state index in [0.717, 1.165) is 9.80 Å². The van der Waals surface area contributed by atoms with Crippen LogP contribution in [0.15, 0.2) is 72.4 Å². The molecule has 2 aliphatic rings. The van der Waals surface area contributed by atoms with Gasteiger partial charge in [0.2, 0.25) is 0 Å². The topological polar surface area (TPSA) is 107 Å². The van der Waals surface area contributed by atoms with Crippen LogP contribution in [0.3, 0.4) is 0 Å². The first-order valence-electron chi connectivity index (χ1n) is 9.96. The molecule has 0 bridgehead atoms. The first kappa shape index (κ1) is 19.7. The van der Waals surface area contributed by atoms with Crippen molar-refractivity contribution >= 4 is 45.8 Å². The summed E-state index contributed by atoms with van der Waals surface area (Å²) >= 11 is 0. The summed E-state index contributed by atoms with van der Waals surface area (Å²) in [5.41, 5.74) is 1.77. The molecular formula is C24H17N3O5. The zero-order valence-corrected chi connectivity index (χ0v) is 16.7. The highest BCUT2D eigenvalue weighted by atomic mass is 16.3. The molecule has 158 valence electrons. The van der Waals surface area contributed by atoms with Crippen LogP contribution in [0, 0.1) is 0 Å². The summed E-state index contributed by atoms with van der Waals surface area (Å²) in [7, 11) is 0. The van der Waals surface area contributed by atoms with Gasteiger partial charge in [-0.25, -0.2) is 4.90 Å². The summed E-state index contributed by atoms with van der Waals surface area (Å²) in [6.07, 6.45) is 1.17. The van der Waals surface area contributed by atoms with E-state index in [4.69, 9.17) is 5.11 Å². The van der Waals surface area contributed by atoms with Gasteiger partial charge in [-0.2, -0.15) is 0 Å². The number of para-hydroxylation sites is 1. The lowest BCUT2D eigenvalue weighted by molar-refractivity contribution is -0.137. The number of imide groups is 2. The largest absolute Gasteiger partial charge is 0.395 e. The van der Waals surface area contributed by atoms with Crippen molar-refractivity contribution in [2.24, 2.45) is 0 Å². The number of carbonyl (C=O) groups is 4. The molecule has 0 aliphatic carbocycles. The summed E-state index contributed by atoms with van der Waals surface area (Å²) in [4.78, 5) is 53.1. The molecule has 0 radical (unpaired) electrons. The second-order valence-corrected chi connectivity index (χ2v) is 7.37. The monoisotopic (exact) mass is 427 g/mol. The Labute approximate surface area is 182 Å². The average molecular weight is 427 g/mol. The van der Waals surface area contributed by atoms with Gasteiger partial charge in [0.1, 0.15) is 5.70 Å². The lowest BCUT2D eigenvalue weighted by Crippen LogP contribution is -2.40. The average Bonchev–Trinajstić information content (AvgIpc) is 3.06. The number of anilines is 2. The van der Waals surface area contributed by atoms with Crippen molar-refractivity contribution in [3.8, 4) is 0 Å². The fourth-order valence-electron chi connectivity index (χ4n) is 4.07. The Morgan fingerprint density at radius 3 is 2.22 bits per heavy atom. The van der Waals surface area contributed by atoms with Crippen molar-refractivity contribution in [1.29, 1.82) is 0 Å². The van der Waals surface area contributed by atoms with Crippen molar-refractivity contribution in [3.63, 3.8) is 0 Å². The number of aliphatic hydroxyl groups excluding tert-OH is 1. The summed E-state index contributed by atoms with van der Waals surface area (Å²) in [6, 6.07) is 17.1. The molecule has 8 nitrogen and oxygen atoms in total. The second-order valence-electron chi connectivity index (χ2n) is 7.37. The molecule has 0 unspecified atom stereocenters. The lowest BCUT2D eigenvalue weighted by Gasteiger charge is -2.28. The number of aliphatic hydroxyl groups is 1. The van der Waals surface area contributed by atoms with Crippen molar-refractivity contribution in [3.05, 3.63) is 83.6 Å². The van der Waals surface area contributed by atoms with E-state index >= 15 is 0 Å². The van der Waals surface area contributed by atoms with E-state index in [1.807, 2.05) is 0 Å². The first-order chi connectivity index (χ1) is 15.5. The van der Waals surface area contributed by atoms with Gasteiger partial charge in [-0.05, 0) is 30.3 Å². The van der Waals surface area contributed by atoms with Crippen LogP contribution >= 0.6 is 0 Å². The number of hydrogen-bond acceptors (Lipinski definition) is 6. The SMILES string of the molecule is O=C1C=C(Nc2ccc3c4c(cccc24)C(=O)N(c2ccccc2)C3=O)C(=O)N1CCO. The maximum absolute atomic E-state index is 13.2. The van der Waals surface area contributed by atoms with Crippen LogP contribution in [0.4, 0.5) is 11.4 Å². The Balaban J connectivity index is 1.58. The van der Waals surface area contributed by atoms with E-state index in [2.05, 4.69) is 5.32 Å². The quantitative estimate of drug-likeness (QED) is 0.605. The highest BCUT2D eigenvalue weighted by Gasteiger charge is 2.35. The van der Waals surface area contributed by atoms with Crippen molar-refractivity contribution < 1.29 is 24.3 Å². The van der Waals surface area contributed by atoms with Crippen molar-refractivity contribution in [2.45, 2.75) is 0 Å². The fraction of sp³-hybridized carbons (Fsp3) is 0.0833. The van der Waals surface area contributed by atoms with Crippen molar-refractivity contribution in [1.82, 2.24) is 4.90 Å². The molecule has 0 spiro atoms. The number of rotatable bonds is 5. The summed E-state index contributed by atoms with van der Waals surface area (Å²) in [6.45, 7) is -0.427. The zero-order valence-electron chi connectivity index (χ0n) is 16.7. The Hall–Kier alpha value is -4.30. The van der Waals surface area contributed by atoms with Crippen LogP contribution in [0.5, 0.6) is 0 Å². The molecule has 32 heavy (non-hydrogen) atoms. The predicted octanol–water partition coefficient (Wildman–Crippen LogP) is 2.30. The molecule has 3 aromatic carbocycles. The predicted molar refractivity (Wildman–Crippen MR) is 117 cm³/mol. The number of hydrogen-bond donors (Lipinski definition) is 2. The maximum atomic E-state index is 13.2. The Morgan fingerprint density at radius 1 is 0.781 bits per heavy atom. The van der Waals surface area contributed by atoms with Crippen LogP contribution in [-0.2, 0) is 9.59 Å². The molecule has 4 amide bonds. The van der Waals surface area contributed by atoms with E-state index in [1.54, 1.807) is 60.7 Å². The molecule has 0 fully saturated rings. The van der Waals surface area contributed by atoms with Crippen LogP contribution in [0.1, 0.15) is 20.7 Å². The fourth-order valence-corrected chi connectivity index (χ4v) is 4.07. The minimum atomic E-state index is -0.549. The number of nitrogens with zero attached hydrogens (tertiary/aromatic N) is 2. The van der Waals surface area contributed by atoms with Gasteiger partial charge in [-0.1, -0.05) is 30.3 Å². The van der Waals surface area contributed by atoms with Crippen molar-refractivity contribution in [2.75, 3.05) is 23.4 Å². The highest BCUT2D eigenvalue weighted by molar-refractivity contribution is 6.36. The van der Waals surface area contributed by atoms with E-state index < -0.39 is 23.6 Å². The third kappa shape index (κ3) is 2.89. The van der Waals surface area contributed by atoms with E-state index in [9.17, 15) is 19.2 Å². The van der Waals surface area contributed by atoms with Crippen LogP contribution in [0.2, 0.25) is 0 Å². The van der Waals surface area contributed by atoms with Crippen LogP contribution < -0.4 is 10.2 Å². The van der Waals surface area contributed by atoms with Gasteiger partial charge in [0, 0.05) is 33.7 Å². The normalized spacial score (nSPS) is 15.6. The standard InChI is InChI=1S/C24H17N3O5/c28-12-11-26-20(29)13-19(24(26)32)25-18-10-9-17-21-15(18)7-4-8-16(21)22(30)27(23(17)31)14-5-2-1-3-6-14/h1-10,13,25,28H,11-12H2. The van der Waals surface area contributed by atoms with E-state index in [-0.39, 0.29) is 18.8 Å². The summed E-state index contributed by atoms with van der Waals surface area (Å²) < 4.78 is 0. The third-order valence-electron chi connectivity index (χ3n) is 5.52. The van der Waals surface area contributed by atoms with E-state index in [0.29, 0.717) is 33.3 Å². The minimum Gasteiger partial charge on any atom is -0.395 e. The molecule has 2 N–H and O–H groups in total. The van der Waals surface area contributed by atoms with Gasteiger partial charge in [-0.15, -0.1) is 0 Å². The molecule has 2 aliphatic heterocycles. The third-order valence-corrected chi connectivity index (χ3v) is 5.52. The summed E-state index contributed by atoms with van der Waals surface area (Å²) in [5, 5.41) is 13.1. The molecule has 0 aromatic heterocycles. The molecule has 2 heterocycles. The molecule has 0 saturated carbocycles. The molecule has 5 rings (SSSR count). The van der Waals surface area contributed by atoms with Gasteiger partial charge in [-0.3, -0.25) is 24.1 Å². The summed E-state index contributed by atoms with van der Waals surface area (Å²) in [5.74, 6) is -1.93. The van der Waals surface area contributed by atoms with E-state index in [1.165, 1.54) is 6.08 Å². The molecule has 8 heteroatoms. The maximum Gasteiger partial charge on any atom is 0.277 e. The Kier molecular flexibility index (Phi) is 4.57. The van der Waals surface area contributed by atoms with Gasteiger partial charge < -0.3 is 10.4 Å². The second kappa shape index (κ2) is 7.44. The van der Waals surface area contributed by atoms with Crippen LogP contribution in [-0.4, -0.2) is 46.8 Å². The minimum absolute atomic E-state index is 0.0588. The van der Waals surface area contributed by atoms with Crippen LogP contribution in [0.25, 0.3) is 10.8 Å². The number of benzene rings is 3. The van der Waals surface area contributed by atoms with Gasteiger partial charge in [0.05, 0.1) is 18.8 Å². The smallest absolute Gasteiger partial charge is 0.277 e. The number of amides is 4. The molecule has 3 aromatic rings. The molecular weight excluding hydrogens is 410 g/mol. The van der Waals surface area contributed by atoms with Gasteiger partial charge >= 0.3 is 0 Å². The lowest BCUT2D eigenvalue weighted by atomic mass is 9.92. The number of nitrogens with one attached hydrogen (secondary N) is 1. The Bertz CT molecular complexity index is 1320. The number of carbonyl (C=O) groups excluding carboxylic acids is 4. The molecule has 0 saturated heterocycles.